The third-order valence-electron chi connectivity index (χ3n) is 4.76. The molecule has 0 atom stereocenters. The molecule has 0 unspecified atom stereocenters. The van der Waals surface area contributed by atoms with Gasteiger partial charge >= 0.3 is 5.97 Å². The SMILES string of the molecule is O=C(Oc1ccc(C=Nc2ccc(N3CCOCC3)cc2)cc1)c1ccc(I)cc1. The average molecular weight is 512 g/mol. The molecule has 3 aromatic rings. The molecule has 0 aliphatic carbocycles. The molecule has 0 radical (unpaired) electrons. The van der Waals surface area contributed by atoms with Crippen molar-refractivity contribution in [3.05, 3.63) is 87.5 Å². The van der Waals surface area contributed by atoms with Gasteiger partial charge in [-0.15, -0.1) is 0 Å². The number of anilines is 1. The number of hydrogen-bond acceptors (Lipinski definition) is 5. The third-order valence-corrected chi connectivity index (χ3v) is 5.48. The van der Waals surface area contributed by atoms with Crippen LogP contribution in [-0.4, -0.2) is 38.5 Å². The molecule has 5 nitrogen and oxygen atoms in total. The second-order valence-corrected chi connectivity index (χ2v) is 8.09. The van der Waals surface area contributed by atoms with Crippen molar-refractivity contribution in [3.8, 4) is 5.75 Å². The third kappa shape index (κ3) is 5.46. The Hall–Kier alpha value is -2.71. The standard InChI is InChI=1S/C24H21IN2O3/c25-20-5-3-19(4-6-20)24(28)30-23-11-1-18(2-12-23)17-26-21-7-9-22(10-8-21)27-13-15-29-16-14-27/h1-12,17H,13-16H2. The number of rotatable bonds is 5. The van der Waals surface area contributed by atoms with Crippen LogP contribution in [0.4, 0.5) is 11.4 Å². The Bertz CT molecular complexity index is 1010. The van der Waals surface area contributed by atoms with E-state index >= 15 is 0 Å². The van der Waals surface area contributed by atoms with E-state index in [4.69, 9.17) is 9.47 Å². The predicted molar refractivity (Wildman–Crippen MR) is 127 cm³/mol. The Morgan fingerprint density at radius 1 is 0.933 bits per heavy atom. The van der Waals surface area contributed by atoms with E-state index in [2.05, 4.69) is 44.6 Å². The average Bonchev–Trinajstić information content (AvgIpc) is 2.80. The van der Waals surface area contributed by atoms with E-state index in [1.165, 1.54) is 5.69 Å². The predicted octanol–water partition coefficient (Wildman–Crippen LogP) is 5.10. The van der Waals surface area contributed by atoms with Crippen LogP contribution in [-0.2, 0) is 4.74 Å². The number of ether oxygens (including phenoxy) is 2. The maximum Gasteiger partial charge on any atom is 0.343 e. The number of carbonyl (C=O) groups is 1. The molecule has 152 valence electrons. The van der Waals surface area contributed by atoms with Gasteiger partial charge in [0.25, 0.3) is 0 Å². The number of hydrogen-bond donors (Lipinski definition) is 0. The van der Waals surface area contributed by atoms with Crippen LogP contribution in [0.3, 0.4) is 0 Å². The molecule has 1 fully saturated rings. The van der Waals surface area contributed by atoms with Gasteiger partial charge in [0.05, 0.1) is 24.5 Å². The molecule has 1 aliphatic rings. The molecule has 6 heteroatoms. The van der Waals surface area contributed by atoms with Crippen molar-refractivity contribution in [1.29, 1.82) is 0 Å². The highest BCUT2D eigenvalue weighted by molar-refractivity contribution is 14.1. The molecule has 4 rings (SSSR count). The molecule has 0 N–H and O–H groups in total. The lowest BCUT2D eigenvalue weighted by Crippen LogP contribution is -2.36. The van der Waals surface area contributed by atoms with E-state index in [0.29, 0.717) is 11.3 Å². The Kier molecular flexibility index (Phi) is 6.76. The largest absolute Gasteiger partial charge is 0.423 e. The second kappa shape index (κ2) is 9.86. The van der Waals surface area contributed by atoms with E-state index in [-0.39, 0.29) is 5.97 Å². The first-order valence-electron chi connectivity index (χ1n) is 9.72. The van der Waals surface area contributed by atoms with E-state index in [0.717, 1.165) is 41.1 Å². The van der Waals surface area contributed by atoms with Crippen molar-refractivity contribution in [3.63, 3.8) is 0 Å². The summed E-state index contributed by atoms with van der Waals surface area (Å²) in [6, 6.07) is 22.8. The van der Waals surface area contributed by atoms with Crippen molar-refractivity contribution < 1.29 is 14.3 Å². The summed E-state index contributed by atoms with van der Waals surface area (Å²) >= 11 is 2.20. The van der Waals surface area contributed by atoms with Gasteiger partial charge in [0.2, 0.25) is 0 Å². The summed E-state index contributed by atoms with van der Waals surface area (Å²) in [6.45, 7) is 3.39. The van der Waals surface area contributed by atoms with E-state index in [1.807, 2.05) is 36.4 Å². The van der Waals surface area contributed by atoms with Crippen LogP contribution in [0.25, 0.3) is 0 Å². The van der Waals surface area contributed by atoms with Crippen LogP contribution in [0.5, 0.6) is 5.75 Å². The molecule has 1 aliphatic heterocycles. The lowest BCUT2D eigenvalue weighted by atomic mass is 10.2. The zero-order valence-corrected chi connectivity index (χ0v) is 18.5. The minimum absolute atomic E-state index is 0.367. The van der Waals surface area contributed by atoms with Gasteiger partial charge in [-0.3, -0.25) is 4.99 Å². The fourth-order valence-electron chi connectivity index (χ4n) is 3.09. The fourth-order valence-corrected chi connectivity index (χ4v) is 3.45. The van der Waals surface area contributed by atoms with Gasteiger partial charge in [0, 0.05) is 28.6 Å². The van der Waals surface area contributed by atoms with Gasteiger partial charge in [-0.25, -0.2) is 4.79 Å². The number of morpholine rings is 1. The van der Waals surface area contributed by atoms with Crippen molar-refractivity contribution in [1.82, 2.24) is 0 Å². The highest BCUT2D eigenvalue weighted by atomic mass is 127. The highest BCUT2D eigenvalue weighted by Gasteiger charge is 2.10. The van der Waals surface area contributed by atoms with Gasteiger partial charge < -0.3 is 14.4 Å². The lowest BCUT2D eigenvalue weighted by molar-refractivity contribution is 0.0734. The zero-order valence-electron chi connectivity index (χ0n) is 16.3. The number of esters is 1. The van der Waals surface area contributed by atoms with Gasteiger partial charge in [-0.05, 0) is 101 Å². The summed E-state index contributed by atoms with van der Waals surface area (Å²) in [5.74, 6) is 0.138. The molecule has 3 aromatic carbocycles. The maximum atomic E-state index is 12.2. The van der Waals surface area contributed by atoms with Gasteiger partial charge in [-0.1, -0.05) is 0 Å². The minimum Gasteiger partial charge on any atom is -0.423 e. The molecule has 30 heavy (non-hydrogen) atoms. The van der Waals surface area contributed by atoms with E-state index in [1.54, 1.807) is 30.5 Å². The lowest BCUT2D eigenvalue weighted by Gasteiger charge is -2.28. The van der Waals surface area contributed by atoms with Crippen LogP contribution in [0, 0.1) is 3.57 Å². The van der Waals surface area contributed by atoms with Gasteiger partial charge in [0.15, 0.2) is 0 Å². The van der Waals surface area contributed by atoms with Crippen molar-refractivity contribution in [2.75, 3.05) is 31.2 Å². The van der Waals surface area contributed by atoms with Crippen LogP contribution in [0.2, 0.25) is 0 Å². The first-order valence-corrected chi connectivity index (χ1v) is 10.8. The van der Waals surface area contributed by atoms with Gasteiger partial charge in [-0.2, -0.15) is 0 Å². The fraction of sp³-hybridized carbons (Fsp3) is 0.167. The van der Waals surface area contributed by atoms with E-state index < -0.39 is 0 Å². The molecule has 0 amide bonds. The second-order valence-electron chi connectivity index (χ2n) is 6.84. The summed E-state index contributed by atoms with van der Waals surface area (Å²) in [5.41, 5.74) is 3.54. The zero-order chi connectivity index (χ0) is 20.8. The molecule has 1 heterocycles. The summed E-state index contributed by atoms with van der Waals surface area (Å²) < 4.78 is 11.9. The Morgan fingerprint density at radius 3 is 2.27 bits per heavy atom. The van der Waals surface area contributed by atoms with Crippen molar-refractivity contribution in [2.45, 2.75) is 0 Å². The van der Waals surface area contributed by atoms with Gasteiger partial charge in [0.1, 0.15) is 5.75 Å². The molecule has 0 bridgehead atoms. The molecule has 1 saturated heterocycles. The Morgan fingerprint density at radius 2 is 1.60 bits per heavy atom. The monoisotopic (exact) mass is 512 g/mol. The van der Waals surface area contributed by atoms with Crippen LogP contribution < -0.4 is 9.64 Å². The molecular weight excluding hydrogens is 491 g/mol. The smallest absolute Gasteiger partial charge is 0.343 e. The Labute approximate surface area is 189 Å². The molecule has 0 aromatic heterocycles. The first-order chi connectivity index (χ1) is 14.7. The van der Waals surface area contributed by atoms with Crippen molar-refractivity contribution in [2.24, 2.45) is 4.99 Å². The normalized spacial score (nSPS) is 14.1. The number of nitrogens with zero attached hydrogens (tertiary/aromatic N) is 2. The molecule has 0 spiro atoms. The summed E-state index contributed by atoms with van der Waals surface area (Å²) in [5, 5.41) is 0. The number of halogens is 1. The summed E-state index contributed by atoms with van der Waals surface area (Å²) in [7, 11) is 0. The summed E-state index contributed by atoms with van der Waals surface area (Å²) in [4.78, 5) is 19.0. The summed E-state index contributed by atoms with van der Waals surface area (Å²) in [6.07, 6.45) is 1.80. The number of carbonyl (C=O) groups excluding carboxylic acids is 1. The van der Waals surface area contributed by atoms with Crippen LogP contribution in [0.1, 0.15) is 15.9 Å². The maximum absolute atomic E-state index is 12.2. The first kappa shape index (κ1) is 20.6. The van der Waals surface area contributed by atoms with E-state index in [9.17, 15) is 4.79 Å². The molecule has 0 saturated carbocycles. The quantitative estimate of drug-likeness (QED) is 0.207. The molecular formula is C24H21IN2O3. The highest BCUT2D eigenvalue weighted by Crippen LogP contribution is 2.21. The topological polar surface area (TPSA) is 51.1 Å². The minimum atomic E-state index is -0.367. The number of benzene rings is 3. The van der Waals surface area contributed by atoms with Crippen LogP contribution >= 0.6 is 22.6 Å². The van der Waals surface area contributed by atoms with Crippen molar-refractivity contribution >= 4 is 46.1 Å². The number of aliphatic imine (C=N–C) groups is 1. The Balaban J connectivity index is 1.35. The van der Waals surface area contributed by atoms with Crippen LogP contribution in [0.15, 0.2) is 77.8 Å².